The molecule has 3 fully saturated rings. The predicted octanol–water partition coefficient (Wildman–Crippen LogP) is 3.53. The molecule has 3 amide bonds. The van der Waals surface area contributed by atoms with Gasteiger partial charge in [0.15, 0.2) is 0 Å². The highest BCUT2D eigenvalue weighted by Crippen LogP contribution is 2.64. The molecule has 40 heavy (non-hydrogen) atoms. The first-order chi connectivity index (χ1) is 19.2. The number of amides is 3. The van der Waals surface area contributed by atoms with Crippen LogP contribution in [0.4, 0.5) is 5.69 Å². The van der Waals surface area contributed by atoms with E-state index in [1.807, 2.05) is 76.2 Å². The van der Waals surface area contributed by atoms with Crippen molar-refractivity contribution in [3.05, 3.63) is 65.2 Å². The van der Waals surface area contributed by atoms with Crippen LogP contribution in [0.15, 0.2) is 48.5 Å². The maximum atomic E-state index is 14.5. The zero-order valence-electron chi connectivity index (χ0n) is 23.9. The molecular formula is C32H41N3O5. The highest BCUT2D eigenvalue weighted by molar-refractivity contribution is 6.04. The Kier molecular flexibility index (Phi) is 7.77. The third-order valence-corrected chi connectivity index (χ3v) is 9.27. The number of aliphatic hydroxyl groups is 1. The molecule has 3 aliphatic rings. The van der Waals surface area contributed by atoms with Crippen LogP contribution in [-0.2, 0) is 25.5 Å². The molecule has 2 aromatic carbocycles. The molecular weight excluding hydrogens is 506 g/mol. The van der Waals surface area contributed by atoms with E-state index in [4.69, 9.17) is 4.74 Å². The number of fused-ring (bicyclic) bond motifs is 1. The van der Waals surface area contributed by atoms with Gasteiger partial charge in [-0.1, -0.05) is 56.3 Å². The summed E-state index contributed by atoms with van der Waals surface area (Å²) in [7, 11) is 0. The standard InChI is InChI=1S/C32H41N3O5/c1-5-16-33-28(37)25-26-30(39)35(23(19-36)18-22-10-8-7-9-11-22)27(32(26)15-14-31(25,6-2)40-32)29(38)34-24-17-20(3)12-13-21(24)4/h7-13,17,23,25-27,36H,5-6,14-16,18-19H2,1-4H3,(H,33,37)(H,34,38)/t23-,25+,26+,27?,31-,32?/m1/s1. The van der Waals surface area contributed by atoms with Gasteiger partial charge in [-0.25, -0.2) is 0 Å². The Balaban J connectivity index is 1.59. The van der Waals surface area contributed by atoms with Crippen LogP contribution >= 0.6 is 0 Å². The van der Waals surface area contributed by atoms with Crippen molar-refractivity contribution in [1.29, 1.82) is 0 Å². The second kappa shape index (κ2) is 11.0. The van der Waals surface area contributed by atoms with Gasteiger partial charge in [-0.15, -0.1) is 0 Å². The topological polar surface area (TPSA) is 108 Å². The van der Waals surface area contributed by atoms with Crippen molar-refractivity contribution >= 4 is 23.4 Å². The van der Waals surface area contributed by atoms with Crippen LogP contribution in [0.25, 0.3) is 0 Å². The minimum Gasteiger partial charge on any atom is -0.394 e. The second-order valence-corrected chi connectivity index (χ2v) is 11.7. The molecule has 214 valence electrons. The van der Waals surface area contributed by atoms with Crippen LogP contribution in [-0.4, -0.2) is 64.2 Å². The lowest BCUT2D eigenvalue weighted by molar-refractivity contribution is -0.149. The van der Waals surface area contributed by atoms with E-state index in [0.717, 1.165) is 23.1 Å². The van der Waals surface area contributed by atoms with E-state index in [1.54, 1.807) is 4.90 Å². The van der Waals surface area contributed by atoms with Crippen LogP contribution < -0.4 is 10.6 Å². The van der Waals surface area contributed by atoms with Gasteiger partial charge >= 0.3 is 0 Å². The van der Waals surface area contributed by atoms with Crippen LogP contribution in [0.5, 0.6) is 0 Å². The lowest BCUT2D eigenvalue weighted by Gasteiger charge is -2.37. The fourth-order valence-corrected chi connectivity index (χ4v) is 7.31. The Morgan fingerprint density at radius 3 is 2.52 bits per heavy atom. The molecule has 0 aromatic heterocycles. The summed E-state index contributed by atoms with van der Waals surface area (Å²) in [5.74, 6) is -2.32. The average molecular weight is 548 g/mol. The summed E-state index contributed by atoms with van der Waals surface area (Å²) in [6.45, 7) is 8.05. The van der Waals surface area contributed by atoms with E-state index in [1.165, 1.54) is 0 Å². The number of nitrogens with zero attached hydrogens (tertiary/aromatic N) is 1. The molecule has 8 heteroatoms. The SMILES string of the molecule is CCCNC(=O)[C@@H]1[C@H]2C(=O)N([C@@H](CO)Cc3ccccc3)C(C(=O)Nc3cc(C)ccc3C)C23CC[C@@]1(CC)O3. The molecule has 8 nitrogen and oxygen atoms in total. The second-order valence-electron chi connectivity index (χ2n) is 11.7. The zero-order valence-corrected chi connectivity index (χ0v) is 23.9. The lowest BCUT2D eigenvalue weighted by Crippen LogP contribution is -2.57. The van der Waals surface area contributed by atoms with Crippen molar-refractivity contribution in [2.45, 2.75) is 83.1 Å². The fraction of sp³-hybridized carbons (Fsp3) is 0.531. The van der Waals surface area contributed by atoms with Gasteiger partial charge in [0.2, 0.25) is 17.7 Å². The van der Waals surface area contributed by atoms with Crippen molar-refractivity contribution in [1.82, 2.24) is 10.2 Å². The quantitative estimate of drug-likeness (QED) is 0.422. The molecule has 2 unspecified atom stereocenters. The summed E-state index contributed by atoms with van der Waals surface area (Å²) >= 11 is 0. The van der Waals surface area contributed by atoms with E-state index in [2.05, 4.69) is 10.6 Å². The number of likely N-dealkylation sites (tertiary alicyclic amines) is 1. The highest BCUT2D eigenvalue weighted by atomic mass is 16.5. The lowest BCUT2D eigenvalue weighted by atomic mass is 9.65. The van der Waals surface area contributed by atoms with Gasteiger partial charge in [-0.05, 0) is 68.7 Å². The smallest absolute Gasteiger partial charge is 0.250 e. The molecule has 6 atom stereocenters. The Morgan fingerprint density at radius 1 is 1.10 bits per heavy atom. The van der Waals surface area contributed by atoms with E-state index in [0.29, 0.717) is 37.9 Å². The van der Waals surface area contributed by atoms with Crippen molar-refractivity contribution in [2.24, 2.45) is 11.8 Å². The third-order valence-electron chi connectivity index (χ3n) is 9.27. The maximum absolute atomic E-state index is 14.5. The first-order valence-corrected chi connectivity index (χ1v) is 14.5. The number of aryl methyl sites for hydroxylation is 2. The van der Waals surface area contributed by atoms with Gasteiger partial charge in [0.05, 0.1) is 30.1 Å². The van der Waals surface area contributed by atoms with Gasteiger partial charge in [0.1, 0.15) is 11.6 Å². The number of carbonyl (C=O) groups excluding carboxylic acids is 3. The molecule has 0 aliphatic carbocycles. The summed E-state index contributed by atoms with van der Waals surface area (Å²) < 4.78 is 6.84. The molecule has 1 spiro atoms. The summed E-state index contributed by atoms with van der Waals surface area (Å²) in [4.78, 5) is 43.9. The van der Waals surface area contributed by atoms with E-state index in [-0.39, 0.29) is 24.3 Å². The predicted molar refractivity (Wildman–Crippen MR) is 153 cm³/mol. The average Bonchev–Trinajstić information content (AvgIpc) is 3.56. The van der Waals surface area contributed by atoms with Crippen LogP contribution in [0.3, 0.4) is 0 Å². The van der Waals surface area contributed by atoms with Crippen LogP contribution in [0, 0.1) is 25.7 Å². The number of hydrogen-bond donors (Lipinski definition) is 3. The molecule has 2 bridgehead atoms. The van der Waals surface area contributed by atoms with Gasteiger partial charge < -0.3 is 25.4 Å². The Bertz CT molecular complexity index is 1280. The number of carbonyl (C=O) groups is 3. The molecule has 5 rings (SSSR count). The van der Waals surface area contributed by atoms with Gasteiger partial charge in [-0.3, -0.25) is 14.4 Å². The van der Waals surface area contributed by atoms with Crippen LogP contribution in [0.2, 0.25) is 0 Å². The fourth-order valence-electron chi connectivity index (χ4n) is 7.31. The van der Waals surface area contributed by atoms with Crippen molar-refractivity contribution < 1.29 is 24.2 Å². The molecule has 2 aromatic rings. The minimum absolute atomic E-state index is 0.192. The number of hydrogen-bond acceptors (Lipinski definition) is 5. The molecule has 3 aliphatic heterocycles. The van der Waals surface area contributed by atoms with Crippen LogP contribution in [0.1, 0.15) is 56.2 Å². The van der Waals surface area contributed by atoms with E-state index < -0.39 is 35.1 Å². The van der Waals surface area contributed by atoms with E-state index >= 15 is 0 Å². The number of ether oxygens (including phenoxy) is 1. The first-order valence-electron chi connectivity index (χ1n) is 14.5. The number of rotatable bonds is 10. The molecule has 3 saturated heterocycles. The molecule has 3 heterocycles. The van der Waals surface area contributed by atoms with Gasteiger partial charge in [0.25, 0.3) is 0 Å². The third kappa shape index (κ3) is 4.51. The van der Waals surface area contributed by atoms with Crippen molar-refractivity contribution in [3.8, 4) is 0 Å². The summed E-state index contributed by atoms with van der Waals surface area (Å²) in [5.41, 5.74) is 1.60. The summed E-state index contributed by atoms with van der Waals surface area (Å²) in [6.07, 6.45) is 2.83. The number of benzene rings is 2. The first kappa shape index (κ1) is 28.3. The van der Waals surface area contributed by atoms with Gasteiger partial charge in [0, 0.05) is 12.2 Å². The van der Waals surface area contributed by atoms with E-state index in [9.17, 15) is 19.5 Å². The van der Waals surface area contributed by atoms with Gasteiger partial charge in [-0.2, -0.15) is 0 Å². The molecule has 3 N–H and O–H groups in total. The summed E-state index contributed by atoms with van der Waals surface area (Å²) in [6, 6.07) is 13.9. The Labute approximate surface area is 236 Å². The van der Waals surface area contributed by atoms with Crippen molar-refractivity contribution in [2.75, 3.05) is 18.5 Å². The largest absolute Gasteiger partial charge is 0.394 e. The Hall–Kier alpha value is -3.23. The maximum Gasteiger partial charge on any atom is 0.250 e. The monoisotopic (exact) mass is 547 g/mol. The normalized spacial score (nSPS) is 29.4. The van der Waals surface area contributed by atoms with Crippen molar-refractivity contribution in [3.63, 3.8) is 0 Å². The highest BCUT2D eigenvalue weighted by Gasteiger charge is 2.79. The molecule has 0 saturated carbocycles. The molecule has 0 radical (unpaired) electrons. The zero-order chi connectivity index (χ0) is 28.7. The number of aliphatic hydroxyl groups excluding tert-OH is 1. The Morgan fingerprint density at radius 2 is 1.85 bits per heavy atom. The minimum atomic E-state index is -1.15. The number of anilines is 1. The summed E-state index contributed by atoms with van der Waals surface area (Å²) in [5, 5.41) is 16.7. The number of nitrogens with one attached hydrogen (secondary N) is 2.